The normalized spacial score (nSPS) is 11.7. The van der Waals surface area contributed by atoms with Crippen LogP contribution in [0.5, 0.6) is 0 Å². The molecule has 0 unspecified atom stereocenters. The average Bonchev–Trinajstić information content (AvgIpc) is 2.59. The summed E-state index contributed by atoms with van der Waals surface area (Å²) in [6.07, 6.45) is 0. The largest absolute Gasteiger partial charge is 0.358 e. The van der Waals surface area contributed by atoms with Crippen LogP contribution in [0.2, 0.25) is 4.34 Å². The first kappa shape index (κ1) is 14.7. The van der Waals surface area contributed by atoms with Gasteiger partial charge < -0.3 is 10.6 Å². The maximum absolute atomic E-state index is 11.1. The minimum Gasteiger partial charge on any atom is -0.358 e. The molecule has 1 heterocycles. The van der Waals surface area contributed by atoms with Crippen LogP contribution in [0.1, 0.15) is 11.8 Å². The highest BCUT2D eigenvalue weighted by atomic mass is 35.5. The summed E-state index contributed by atoms with van der Waals surface area (Å²) in [7, 11) is 1.63. The molecular weight excluding hydrogens is 255 g/mol. The number of hydrogen-bond donors (Lipinski definition) is 2. The number of amides is 1. The van der Waals surface area contributed by atoms with E-state index < -0.39 is 0 Å². The summed E-state index contributed by atoms with van der Waals surface area (Å²) < 4.78 is 0.773. The van der Waals surface area contributed by atoms with E-state index in [0.29, 0.717) is 6.54 Å². The van der Waals surface area contributed by atoms with Crippen molar-refractivity contribution in [1.29, 1.82) is 0 Å². The molecular formula is C9H14Cl2N2OS. The third-order valence-corrected chi connectivity index (χ3v) is 3.08. The van der Waals surface area contributed by atoms with Gasteiger partial charge in [-0.2, -0.15) is 0 Å². The average molecular weight is 269 g/mol. The fourth-order valence-electron chi connectivity index (χ4n) is 1.01. The summed E-state index contributed by atoms with van der Waals surface area (Å²) in [5.41, 5.74) is 0. The van der Waals surface area contributed by atoms with Crippen LogP contribution in [0.25, 0.3) is 0 Å². The van der Waals surface area contributed by atoms with E-state index in [9.17, 15) is 4.79 Å². The zero-order chi connectivity index (χ0) is 10.6. The molecule has 0 spiro atoms. The van der Waals surface area contributed by atoms with Gasteiger partial charge in [-0.05, 0) is 19.1 Å². The summed E-state index contributed by atoms with van der Waals surface area (Å²) in [6.45, 7) is 2.50. The van der Waals surface area contributed by atoms with Crippen LogP contribution in [0, 0.1) is 0 Å². The number of carbonyl (C=O) groups excluding carboxylic acids is 1. The van der Waals surface area contributed by atoms with Crippen molar-refractivity contribution in [2.75, 3.05) is 7.05 Å². The molecule has 1 rings (SSSR count). The Hall–Kier alpha value is -0.290. The lowest BCUT2D eigenvalue weighted by Gasteiger charge is -2.10. The molecule has 0 bridgehead atoms. The zero-order valence-electron chi connectivity index (χ0n) is 8.54. The van der Waals surface area contributed by atoms with Crippen molar-refractivity contribution in [2.24, 2.45) is 0 Å². The van der Waals surface area contributed by atoms with Gasteiger partial charge in [-0.1, -0.05) is 11.6 Å². The lowest BCUT2D eigenvalue weighted by molar-refractivity contribution is -0.122. The molecule has 0 aliphatic carbocycles. The molecule has 1 atom stereocenters. The fraction of sp³-hybridized carbons (Fsp3) is 0.444. The summed E-state index contributed by atoms with van der Waals surface area (Å²) in [5.74, 6) is -0.00680. The summed E-state index contributed by atoms with van der Waals surface area (Å²) >= 11 is 7.30. The maximum Gasteiger partial charge on any atom is 0.236 e. The van der Waals surface area contributed by atoms with Crippen molar-refractivity contribution >= 4 is 41.3 Å². The lowest BCUT2D eigenvalue weighted by atomic mass is 10.3. The van der Waals surface area contributed by atoms with Crippen LogP contribution in [-0.4, -0.2) is 19.0 Å². The van der Waals surface area contributed by atoms with Gasteiger partial charge in [-0.25, -0.2) is 0 Å². The highest BCUT2D eigenvalue weighted by molar-refractivity contribution is 7.16. The molecule has 2 N–H and O–H groups in total. The smallest absolute Gasteiger partial charge is 0.236 e. The number of carbonyl (C=O) groups is 1. The third-order valence-electron chi connectivity index (χ3n) is 1.85. The Balaban J connectivity index is 0.00000196. The molecule has 0 radical (unpaired) electrons. The fourth-order valence-corrected chi connectivity index (χ4v) is 2.05. The third kappa shape index (κ3) is 4.84. The first-order valence-electron chi connectivity index (χ1n) is 4.32. The van der Waals surface area contributed by atoms with Crippen LogP contribution in [0.15, 0.2) is 12.1 Å². The Morgan fingerprint density at radius 3 is 2.73 bits per heavy atom. The monoisotopic (exact) mass is 268 g/mol. The predicted molar refractivity (Wildman–Crippen MR) is 66.9 cm³/mol. The first-order valence-corrected chi connectivity index (χ1v) is 5.52. The zero-order valence-corrected chi connectivity index (χ0v) is 10.9. The van der Waals surface area contributed by atoms with Crippen molar-refractivity contribution in [2.45, 2.75) is 19.5 Å². The van der Waals surface area contributed by atoms with Gasteiger partial charge in [0.05, 0.1) is 10.4 Å². The minimum absolute atomic E-state index is 0. The Labute approximate surface area is 105 Å². The van der Waals surface area contributed by atoms with Crippen LogP contribution in [0.4, 0.5) is 0 Å². The first-order chi connectivity index (χ1) is 6.63. The molecule has 1 aromatic rings. The van der Waals surface area contributed by atoms with Crippen LogP contribution >= 0.6 is 35.3 Å². The molecule has 0 saturated heterocycles. The predicted octanol–water partition coefficient (Wildman–Crippen LogP) is 2.05. The van der Waals surface area contributed by atoms with Crippen LogP contribution in [0.3, 0.4) is 0 Å². The Kier molecular flexibility index (Phi) is 6.92. The SMILES string of the molecule is CNC(=O)[C@@H](C)NCc1ccc(Cl)s1.Cl. The molecule has 0 saturated carbocycles. The van der Waals surface area contributed by atoms with Gasteiger partial charge in [0.15, 0.2) is 0 Å². The molecule has 0 aliphatic heterocycles. The van der Waals surface area contributed by atoms with Gasteiger partial charge in [0.1, 0.15) is 0 Å². The second kappa shape index (κ2) is 7.06. The lowest BCUT2D eigenvalue weighted by Crippen LogP contribution is -2.40. The Bertz CT molecular complexity index is 317. The van der Waals surface area contributed by atoms with Gasteiger partial charge >= 0.3 is 0 Å². The van der Waals surface area contributed by atoms with E-state index >= 15 is 0 Å². The second-order valence-corrected chi connectivity index (χ2v) is 4.72. The Morgan fingerprint density at radius 1 is 1.60 bits per heavy atom. The van der Waals surface area contributed by atoms with Gasteiger partial charge in [0.2, 0.25) is 5.91 Å². The molecule has 0 aromatic carbocycles. The van der Waals surface area contributed by atoms with Gasteiger partial charge in [-0.15, -0.1) is 23.7 Å². The van der Waals surface area contributed by atoms with Crippen LogP contribution < -0.4 is 10.6 Å². The van der Waals surface area contributed by atoms with Crippen molar-refractivity contribution in [3.8, 4) is 0 Å². The van der Waals surface area contributed by atoms with Gasteiger partial charge in [0.25, 0.3) is 0 Å². The van der Waals surface area contributed by atoms with Crippen molar-refractivity contribution in [3.63, 3.8) is 0 Å². The van der Waals surface area contributed by atoms with E-state index in [-0.39, 0.29) is 24.4 Å². The summed E-state index contributed by atoms with van der Waals surface area (Å²) in [4.78, 5) is 12.3. The number of halogens is 2. The summed E-state index contributed by atoms with van der Waals surface area (Å²) in [5, 5.41) is 5.68. The number of rotatable bonds is 4. The van der Waals surface area contributed by atoms with Crippen molar-refractivity contribution in [1.82, 2.24) is 10.6 Å². The molecule has 3 nitrogen and oxygen atoms in total. The second-order valence-electron chi connectivity index (χ2n) is 2.92. The Morgan fingerprint density at radius 2 is 2.27 bits per heavy atom. The number of nitrogens with one attached hydrogen (secondary N) is 2. The van der Waals surface area contributed by atoms with E-state index in [1.165, 1.54) is 11.3 Å². The molecule has 0 fully saturated rings. The maximum atomic E-state index is 11.1. The van der Waals surface area contributed by atoms with Gasteiger partial charge in [-0.3, -0.25) is 4.79 Å². The number of hydrogen-bond acceptors (Lipinski definition) is 3. The van der Waals surface area contributed by atoms with E-state index in [4.69, 9.17) is 11.6 Å². The molecule has 86 valence electrons. The summed E-state index contributed by atoms with van der Waals surface area (Å²) in [6, 6.07) is 3.63. The number of thiophene rings is 1. The van der Waals surface area contributed by atoms with Crippen molar-refractivity contribution < 1.29 is 4.79 Å². The van der Waals surface area contributed by atoms with Crippen molar-refractivity contribution in [3.05, 3.63) is 21.3 Å². The molecule has 15 heavy (non-hydrogen) atoms. The molecule has 6 heteroatoms. The standard InChI is InChI=1S/C9H13ClN2OS.ClH/c1-6(9(13)11-2)12-5-7-3-4-8(10)14-7;/h3-4,6,12H,5H2,1-2H3,(H,11,13);1H/t6-;/m1./s1. The van der Waals surface area contributed by atoms with Crippen LogP contribution in [-0.2, 0) is 11.3 Å². The quantitative estimate of drug-likeness (QED) is 0.878. The highest BCUT2D eigenvalue weighted by Crippen LogP contribution is 2.20. The van der Waals surface area contributed by atoms with E-state index in [2.05, 4.69) is 10.6 Å². The molecule has 0 aliphatic rings. The van der Waals surface area contributed by atoms with E-state index in [1.54, 1.807) is 7.05 Å². The molecule has 1 amide bonds. The van der Waals surface area contributed by atoms with Gasteiger partial charge in [0, 0.05) is 18.5 Å². The minimum atomic E-state index is -0.180. The number of likely N-dealkylation sites (N-methyl/N-ethyl adjacent to an activating group) is 1. The molecule has 1 aromatic heterocycles. The topological polar surface area (TPSA) is 41.1 Å². The van der Waals surface area contributed by atoms with E-state index in [0.717, 1.165) is 9.21 Å². The van der Waals surface area contributed by atoms with E-state index in [1.807, 2.05) is 19.1 Å². The highest BCUT2D eigenvalue weighted by Gasteiger charge is 2.09.